The van der Waals surface area contributed by atoms with Crippen LogP contribution in [0.15, 0.2) is 0 Å². The van der Waals surface area contributed by atoms with Crippen molar-refractivity contribution >= 4 is 89.2 Å². The molecule has 2 fully saturated rings. The van der Waals surface area contributed by atoms with Gasteiger partial charge in [0.15, 0.2) is 0 Å². The summed E-state index contributed by atoms with van der Waals surface area (Å²) in [6.07, 6.45) is 20.0. The molecule has 16 radical (unpaired) electrons. The summed E-state index contributed by atoms with van der Waals surface area (Å²) in [6, 6.07) is 0. The van der Waals surface area contributed by atoms with E-state index in [9.17, 15) is 0 Å². The van der Waals surface area contributed by atoms with Crippen LogP contribution in [0.1, 0.15) is 0 Å². The Bertz CT molecular complexity index is 56.4. The molecule has 0 heterocycles. The molecule has 0 unspecified atom stereocenters. The van der Waals surface area contributed by atoms with Gasteiger partial charge < -0.3 is 0 Å². The molecule has 0 spiro atoms. The second-order valence-corrected chi connectivity index (χ2v) is 1.92. The predicted octanol–water partition coefficient (Wildman–Crippen LogP) is 2.85. The summed E-state index contributed by atoms with van der Waals surface area (Å²) in [4.78, 5) is 8.04. The smallest absolute Gasteiger partial charge is 0 e. The molecule has 2 aliphatic carbocycles. The first kappa shape index (κ1) is 39.4. The Balaban J connectivity index is -0.0000000311. The van der Waals surface area contributed by atoms with Crippen molar-refractivity contribution in [3.8, 4) is 0 Å². The largest absolute Gasteiger partial charge is 0.0312 e. The van der Waals surface area contributed by atoms with Crippen molar-refractivity contribution in [2.45, 2.75) is 19.9 Å². The fourth-order valence-electron chi connectivity index (χ4n) is 0.642. The Labute approximate surface area is 207 Å². The van der Waals surface area contributed by atoms with E-state index in [1.807, 2.05) is 173 Å². The maximum Gasteiger partial charge on any atom is 0 e. The summed E-state index contributed by atoms with van der Waals surface area (Å²) in [6.45, 7) is 0. The van der Waals surface area contributed by atoms with Crippen LogP contribution in [0.25, 0.3) is 0 Å². The summed E-state index contributed by atoms with van der Waals surface area (Å²) in [7, 11) is 0. The summed E-state index contributed by atoms with van der Waals surface area (Å²) in [5.74, 6) is 0. The van der Waals surface area contributed by atoms with Crippen molar-refractivity contribution in [3.63, 3.8) is 0 Å². The van der Waals surface area contributed by atoms with E-state index in [-0.39, 0.29) is 37.1 Å². The Morgan fingerprint density at radius 1 is 0.300 bits per heavy atom. The third-order valence-electron chi connectivity index (χ3n) is 1.11. The average Bonchev–Trinajstić information content (AvgIpc) is 3.25. The molecule has 0 bridgehead atoms. The van der Waals surface area contributed by atoms with Gasteiger partial charge in [0.1, 0.15) is 0 Å². The van der Waals surface area contributed by atoms with E-state index in [0.29, 0.717) is 0 Å². The summed E-state index contributed by atoms with van der Waals surface area (Å²) >= 11 is 7.80. The van der Waals surface area contributed by atoms with Crippen LogP contribution in [0.4, 0.5) is 0 Å². The fourth-order valence-corrected chi connectivity index (χ4v) is 0.642. The molecule has 0 aromatic rings. The van der Waals surface area contributed by atoms with Crippen molar-refractivity contribution in [1.29, 1.82) is 0 Å². The van der Waals surface area contributed by atoms with Gasteiger partial charge in [-0.05, 0) is 64.2 Å². The predicted molar refractivity (Wildman–Crippen MR) is 89.5 cm³/mol. The summed E-state index contributed by atoms with van der Waals surface area (Å²) in [5.41, 5.74) is 0. The van der Waals surface area contributed by atoms with Crippen LogP contribution >= 0.6 is 0 Å². The molecule has 0 atom stereocenters. The van der Waals surface area contributed by atoms with Gasteiger partial charge in [0.05, 0.1) is 0 Å². The van der Waals surface area contributed by atoms with Gasteiger partial charge in [-0.15, -0.1) is 0 Å². The first-order valence-corrected chi connectivity index (χ1v) is 14.3. The van der Waals surface area contributed by atoms with Crippen molar-refractivity contribution in [3.05, 3.63) is 64.2 Å². The molecule has 0 aromatic heterocycles. The maximum atomic E-state index is 2.01. The molecule has 0 amide bonds. The van der Waals surface area contributed by atoms with Gasteiger partial charge >= 0.3 is 109 Å². The fraction of sp³-hybridized carbons (Fsp3) is 0.286. The summed E-state index contributed by atoms with van der Waals surface area (Å²) in [5, 5.41) is 0. The molecule has 2 rings (SSSR count). The molecule has 0 nitrogen and oxygen atoms in total. The molecule has 112 valence electrons. The first-order valence-electron chi connectivity index (χ1n) is 4.97. The van der Waals surface area contributed by atoms with Crippen LogP contribution in [0.2, 0.25) is 19.9 Å². The van der Waals surface area contributed by atoms with Crippen molar-refractivity contribution < 1.29 is 37.1 Å². The van der Waals surface area contributed by atoms with Gasteiger partial charge in [-0.3, -0.25) is 0 Å². The Hall–Kier alpha value is 4.33. The second kappa shape index (κ2) is 56.7. The molecule has 20 heavy (non-hydrogen) atoms. The van der Waals surface area contributed by atoms with Crippen molar-refractivity contribution in [2.24, 2.45) is 0 Å². The van der Waals surface area contributed by atoms with E-state index in [1.54, 1.807) is 0 Å². The number of hydrogen-bond acceptors (Lipinski definition) is 0. The minimum atomic E-state index is 0. The zero-order valence-electron chi connectivity index (χ0n) is 12.3. The summed E-state index contributed by atoms with van der Waals surface area (Å²) < 4.78 is 0. The van der Waals surface area contributed by atoms with Gasteiger partial charge in [0.25, 0.3) is 0 Å². The number of rotatable bonds is 0. The van der Waals surface area contributed by atoms with Gasteiger partial charge in [0.2, 0.25) is 0 Å². The maximum absolute atomic E-state index is 2.01. The molecular weight excluding hydrogens is 780 g/mol. The van der Waals surface area contributed by atoms with Crippen LogP contribution in [0, 0.1) is 64.2 Å². The quantitative estimate of drug-likeness (QED) is 0.331. The topological polar surface area (TPSA) is 0 Å². The Morgan fingerprint density at radius 3 is 0.400 bits per heavy atom. The van der Waals surface area contributed by atoms with Crippen LogP contribution in [-0.4, -0.2) is 89.2 Å². The Kier molecular flexibility index (Phi) is 112. The molecule has 2 saturated carbocycles. The van der Waals surface area contributed by atoms with E-state index in [2.05, 4.69) is 0 Å². The minimum Gasteiger partial charge on any atom is -0.0312 e. The average molecular weight is 803 g/mol. The van der Waals surface area contributed by atoms with Crippen LogP contribution in [0.3, 0.4) is 0 Å². The second-order valence-electron chi connectivity index (χ2n) is 1.92. The molecule has 6 heteroatoms. The van der Waals surface area contributed by atoms with E-state index < -0.39 is 0 Å². The zero-order valence-corrected chi connectivity index (χ0v) is 24.4. The molecule has 0 N–H and O–H groups in total. The molecule has 0 saturated heterocycles. The van der Waals surface area contributed by atoms with E-state index in [4.69, 9.17) is 0 Å². The van der Waals surface area contributed by atoms with E-state index in [1.165, 1.54) is 0 Å². The molecule has 2 aliphatic rings. The van der Waals surface area contributed by atoms with E-state index >= 15 is 0 Å². The molecule has 0 aromatic carbocycles. The van der Waals surface area contributed by atoms with Crippen molar-refractivity contribution in [1.82, 2.24) is 0 Å². The first-order chi connectivity index (χ1) is 9.00. The minimum absolute atomic E-state index is 0. The van der Waals surface area contributed by atoms with Crippen LogP contribution < -0.4 is 0 Å². The Morgan fingerprint density at radius 2 is 0.350 bits per heavy atom. The van der Waals surface area contributed by atoms with Gasteiger partial charge in [-0.2, -0.15) is 0 Å². The number of hydrogen-bond donors (Lipinski definition) is 0. The van der Waals surface area contributed by atoms with E-state index in [0.717, 1.165) is 0 Å². The monoisotopic (exact) mass is 812 g/mol. The molecule has 0 aliphatic heterocycles. The van der Waals surface area contributed by atoms with Crippen LogP contribution in [0.5, 0.6) is 0 Å². The standard InChI is InChI=1S/2C5H5.4CH3Te.2V/c2*1-2-4-5-3-1;4*1-2;;/h2*1-5H;4*1H3;;. The third-order valence-corrected chi connectivity index (χ3v) is 1.11. The van der Waals surface area contributed by atoms with Crippen molar-refractivity contribution in [2.75, 3.05) is 0 Å². The van der Waals surface area contributed by atoms with Gasteiger partial charge in [0, 0.05) is 37.1 Å². The van der Waals surface area contributed by atoms with Crippen LogP contribution in [-0.2, 0) is 37.1 Å². The SMILES string of the molecule is C[Te].C[Te].C[Te].C[Te].[CH]1[CH][CH][CH][CH]1.[CH]1[CH][CH][CH][CH]1.[V].[V]. The van der Waals surface area contributed by atoms with Gasteiger partial charge in [-0.25, -0.2) is 0 Å². The molecular formula is C14H22Te4V2. The normalized spacial score (nSPS) is 13.2. The zero-order chi connectivity index (χ0) is 15.1. The third kappa shape index (κ3) is 49.5. The van der Waals surface area contributed by atoms with Gasteiger partial charge in [-0.1, -0.05) is 0 Å².